The molecule has 0 atom stereocenters. The largest absolute Gasteiger partial charge is 0.144 e. The van der Waals surface area contributed by atoms with Crippen LogP contribution in [0.25, 0.3) is 24.3 Å². The lowest BCUT2D eigenvalue weighted by molar-refractivity contribution is 1.63. The number of benzene rings is 1. The Morgan fingerprint density at radius 2 is 1.00 bits per heavy atom. The summed E-state index contributed by atoms with van der Waals surface area (Å²) in [4.78, 5) is 2.57. The molecule has 0 aliphatic heterocycles. The number of rotatable bonds is 4. The summed E-state index contributed by atoms with van der Waals surface area (Å²) in [5, 5.41) is 4.19. The molecule has 2 heteroatoms. The van der Waals surface area contributed by atoms with Crippen LogP contribution < -0.4 is 0 Å². The summed E-state index contributed by atoms with van der Waals surface area (Å²) in [7, 11) is 0. The summed E-state index contributed by atoms with van der Waals surface area (Å²) < 4.78 is 0. The molecule has 0 spiro atoms. The first-order valence-electron chi connectivity index (χ1n) is 6.43. The summed E-state index contributed by atoms with van der Waals surface area (Å²) in [5.41, 5.74) is 2.46. The van der Waals surface area contributed by atoms with E-state index in [1.807, 2.05) is 0 Å². The molecule has 0 N–H and O–H groups in total. The zero-order valence-electron chi connectivity index (χ0n) is 10.9. The van der Waals surface area contributed by atoms with Crippen LogP contribution in [0.15, 0.2) is 59.3 Å². The van der Waals surface area contributed by atoms with Gasteiger partial charge >= 0.3 is 0 Å². The van der Waals surface area contributed by atoms with Gasteiger partial charge in [-0.15, -0.1) is 22.7 Å². The fourth-order valence-corrected chi connectivity index (χ4v) is 3.08. The van der Waals surface area contributed by atoms with Crippen LogP contribution in [0.2, 0.25) is 0 Å². The quantitative estimate of drug-likeness (QED) is 0.541. The van der Waals surface area contributed by atoms with Gasteiger partial charge in [0.25, 0.3) is 0 Å². The molecule has 3 aromatic rings. The predicted octanol–water partition coefficient (Wildman–Crippen LogP) is 6.15. The van der Waals surface area contributed by atoms with Gasteiger partial charge in [-0.05, 0) is 46.2 Å². The molecular formula is C18H14S2. The third kappa shape index (κ3) is 3.56. The van der Waals surface area contributed by atoms with Gasteiger partial charge in [-0.2, -0.15) is 0 Å². The molecule has 0 fully saturated rings. The highest BCUT2D eigenvalue weighted by Gasteiger charge is 1.91. The SMILES string of the molecule is C(=C\c1cccs1)/c1ccc(/C=C/c2cccs2)cc1. The summed E-state index contributed by atoms with van der Waals surface area (Å²) in [5.74, 6) is 0. The highest BCUT2D eigenvalue weighted by Crippen LogP contribution is 2.16. The Morgan fingerprint density at radius 1 is 0.550 bits per heavy atom. The molecule has 3 rings (SSSR count). The zero-order chi connectivity index (χ0) is 13.6. The van der Waals surface area contributed by atoms with Crippen molar-refractivity contribution >= 4 is 47.0 Å². The van der Waals surface area contributed by atoms with Crippen molar-refractivity contribution < 1.29 is 0 Å². The lowest BCUT2D eigenvalue weighted by Gasteiger charge is -1.95. The molecule has 0 bridgehead atoms. The van der Waals surface area contributed by atoms with Gasteiger partial charge in [0.1, 0.15) is 0 Å². The Hall–Kier alpha value is -1.90. The molecule has 0 aliphatic carbocycles. The van der Waals surface area contributed by atoms with Gasteiger partial charge in [0.05, 0.1) is 0 Å². The maximum Gasteiger partial charge on any atom is 0.0270 e. The van der Waals surface area contributed by atoms with Crippen LogP contribution in [-0.2, 0) is 0 Å². The van der Waals surface area contributed by atoms with Crippen LogP contribution in [0.3, 0.4) is 0 Å². The van der Waals surface area contributed by atoms with Gasteiger partial charge in [-0.25, -0.2) is 0 Å². The average molecular weight is 294 g/mol. The van der Waals surface area contributed by atoms with E-state index < -0.39 is 0 Å². The molecule has 0 amide bonds. The number of hydrogen-bond acceptors (Lipinski definition) is 2. The fourth-order valence-electron chi connectivity index (χ4n) is 1.85. The first-order valence-corrected chi connectivity index (χ1v) is 8.19. The van der Waals surface area contributed by atoms with Gasteiger partial charge < -0.3 is 0 Å². The topological polar surface area (TPSA) is 0 Å². The molecule has 1 aromatic carbocycles. The summed E-state index contributed by atoms with van der Waals surface area (Å²) in [6.07, 6.45) is 8.61. The summed E-state index contributed by atoms with van der Waals surface area (Å²) in [6, 6.07) is 17.0. The van der Waals surface area contributed by atoms with Crippen LogP contribution in [0.4, 0.5) is 0 Å². The van der Waals surface area contributed by atoms with Gasteiger partial charge in [0, 0.05) is 9.75 Å². The van der Waals surface area contributed by atoms with Crippen molar-refractivity contribution in [3.05, 3.63) is 80.2 Å². The Bertz CT molecular complexity index is 621. The Labute approximate surface area is 127 Å². The van der Waals surface area contributed by atoms with Gasteiger partial charge in [-0.1, -0.05) is 48.6 Å². The lowest BCUT2D eigenvalue weighted by atomic mass is 10.1. The number of hydrogen-bond donors (Lipinski definition) is 0. The molecule has 2 heterocycles. The Balaban J connectivity index is 1.68. The van der Waals surface area contributed by atoms with Crippen molar-refractivity contribution in [2.24, 2.45) is 0 Å². The molecule has 2 aromatic heterocycles. The molecule has 20 heavy (non-hydrogen) atoms. The molecule has 0 saturated carbocycles. The normalized spacial score (nSPS) is 11.6. The number of thiophene rings is 2. The predicted molar refractivity (Wildman–Crippen MR) is 92.9 cm³/mol. The van der Waals surface area contributed by atoms with Crippen molar-refractivity contribution in [3.63, 3.8) is 0 Å². The maximum atomic E-state index is 2.15. The molecule has 0 nitrogen and oxygen atoms in total. The van der Waals surface area contributed by atoms with E-state index in [4.69, 9.17) is 0 Å². The van der Waals surface area contributed by atoms with Crippen molar-refractivity contribution in [1.29, 1.82) is 0 Å². The molecular weight excluding hydrogens is 280 g/mol. The van der Waals surface area contributed by atoms with Crippen molar-refractivity contribution in [2.45, 2.75) is 0 Å². The van der Waals surface area contributed by atoms with Crippen LogP contribution >= 0.6 is 22.7 Å². The van der Waals surface area contributed by atoms with E-state index in [9.17, 15) is 0 Å². The van der Waals surface area contributed by atoms with E-state index >= 15 is 0 Å². The first kappa shape index (κ1) is 13.1. The third-order valence-electron chi connectivity index (χ3n) is 2.90. The van der Waals surface area contributed by atoms with E-state index in [0.29, 0.717) is 0 Å². The molecule has 0 aliphatic rings. The van der Waals surface area contributed by atoms with Gasteiger partial charge in [-0.3, -0.25) is 0 Å². The molecule has 0 unspecified atom stereocenters. The fraction of sp³-hybridized carbons (Fsp3) is 0. The van der Waals surface area contributed by atoms with Gasteiger partial charge in [0.15, 0.2) is 0 Å². The minimum atomic E-state index is 1.23. The van der Waals surface area contributed by atoms with Crippen LogP contribution in [0.1, 0.15) is 20.9 Å². The van der Waals surface area contributed by atoms with Gasteiger partial charge in [0.2, 0.25) is 0 Å². The Kier molecular flexibility index (Phi) is 4.26. The zero-order valence-corrected chi connectivity index (χ0v) is 12.5. The van der Waals surface area contributed by atoms with Crippen molar-refractivity contribution in [2.75, 3.05) is 0 Å². The van der Waals surface area contributed by atoms with Crippen molar-refractivity contribution in [1.82, 2.24) is 0 Å². The molecule has 98 valence electrons. The van der Waals surface area contributed by atoms with E-state index in [1.54, 1.807) is 22.7 Å². The third-order valence-corrected chi connectivity index (χ3v) is 4.58. The summed E-state index contributed by atoms with van der Waals surface area (Å²) in [6.45, 7) is 0. The first-order chi connectivity index (χ1) is 9.90. The maximum absolute atomic E-state index is 2.15. The highest BCUT2D eigenvalue weighted by molar-refractivity contribution is 7.11. The van der Waals surface area contributed by atoms with Crippen LogP contribution in [0, 0.1) is 0 Å². The van der Waals surface area contributed by atoms with E-state index in [-0.39, 0.29) is 0 Å². The second-order valence-electron chi connectivity index (χ2n) is 4.36. The highest BCUT2D eigenvalue weighted by atomic mass is 32.1. The minimum Gasteiger partial charge on any atom is -0.144 e. The van der Waals surface area contributed by atoms with Crippen LogP contribution in [-0.4, -0.2) is 0 Å². The molecule has 0 saturated heterocycles. The standard InChI is InChI=1S/C18H14S2/c1-3-17(19-13-1)11-9-15-5-7-16(8-6-15)10-12-18-4-2-14-20-18/h1-14H/b11-9+,12-10+. The van der Waals surface area contributed by atoms with E-state index in [0.717, 1.165) is 0 Å². The average Bonchev–Trinajstić information content (AvgIpc) is 3.17. The lowest BCUT2D eigenvalue weighted by Crippen LogP contribution is -1.74. The second kappa shape index (κ2) is 6.51. The Morgan fingerprint density at radius 3 is 1.35 bits per heavy atom. The minimum absolute atomic E-state index is 1.23. The second-order valence-corrected chi connectivity index (χ2v) is 6.32. The van der Waals surface area contributed by atoms with E-state index in [2.05, 4.69) is 83.6 Å². The van der Waals surface area contributed by atoms with E-state index in [1.165, 1.54) is 20.9 Å². The monoisotopic (exact) mass is 294 g/mol. The van der Waals surface area contributed by atoms with Crippen molar-refractivity contribution in [3.8, 4) is 0 Å². The molecule has 0 radical (unpaired) electrons. The van der Waals surface area contributed by atoms with Crippen LogP contribution in [0.5, 0.6) is 0 Å². The summed E-state index contributed by atoms with van der Waals surface area (Å²) >= 11 is 3.51. The smallest absolute Gasteiger partial charge is 0.0270 e.